The zero-order valence-corrected chi connectivity index (χ0v) is 16.0. The lowest BCUT2D eigenvalue weighted by Gasteiger charge is -2.05. The number of carbonyl (C=O) groups excluding carboxylic acids is 1. The van der Waals surface area contributed by atoms with E-state index in [0.29, 0.717) is 17.2 Å². The first-order valence-electron chi connectivity index (χ1n) is 8.30. The van der Waals surface area contributed by atoms with Crippen molar-refractivity contribution in [1.82, 2.24) is 10.2 Å². The summed E-state index contributed by atoms with van der Waals surface area (Å²) in [5.74, 6) is 1.26. The van der Waals surface area contributed by atoms with Crippen molar-refractivity contribution >= 4 is 29.0 Å². The molecular formula is C18H16N4O6S. The lowest BCUT2D eigenvalue weighted by atomic mass is 10.3. The normalized spacial score (nSPS) is 10.4. The Morgan fingerprint density at radius 2 is 1.97 bits per heavy atom. The van der Waals surface area contributed by atoms with E-state index in [1.165, 1.54) is 24.3 Å². The van der Waals surface area contributed by atoms with Gasteiger partial charge in [-0.25, -0.2) is 0 Å². The molecular weight excluding hydrogens is 400 g/mol. The molecule has 10 nitrogen and oxygen atoms in total. The minimum Gasteiger partial charge on any atom is -0.497 e. The monoisotopic (exact) mass is 416 g/mol. The molecule has 0 aliphatic rings. The third-order valence-corrected chi connectivity index (χ3v) is 4.36. The highest BCUT2D eigenvalue weighted by molar-refractivity contribution is 7.99. The Balaban J connectivity index is 1.45. The summed E-state index contributed by atoms with van der Waals surface area (Å²) in [5, 5.41) is 21.2. The highest BCUT2D eigenvalue weighted by atomic mass is 32.2. The number of hydrogen-bond acceptors (Lipinski definition) is 9. The fraction of sp³-hybridized carbons (Fsp3) is 0.167. The number of nitrogens with one attached hydrogen (secondary N) is 1. The van der Waals surface area contributed by atoms with Crippen molar-refractivity contribution in [3.63, 3.8) is 0 Å². The molecule has 0 radical (unpaired) electrons. The van der Waals surface area contributed by atoms with Gasteiger partial charge in [-0.15, -0.1) is 10.2 Å². The maximum atomic E-state index is 12.0. The molecule has 0 unspecified atom stereocenters. The number of nitro groups is 1. The Hall–Kier alpha value is -3.60. The third kappa shape index (κ3) is 5.94. The maximum Gasteiger partial charge on any atom is 0.277 e. The van der Waals surface area contributed by atoms with Gasteiger partial charge < -0.3 is 19.2 Å². The molecule has 3 aromatic rings. The summed E-state index contributed by atoms with van der Waals surface area (Å²) in [6.07, 6.45) is 0. The molecule has 0 spiro atoms. The van der Waals surface area contributed by atoms with Crippen LogP contribution < -0.4 is 14.8 Å². The Kier molecular flexibility index (Phi) is 6.63. The number of rotatable bonds is 9. The molecule has 29 heavy (non-hydrogen) atoms. The zero-order chi connectivity index (χ0) is 20.6. The van der Waals surface area contributed by atoms with Crippen LogP contribution in [-0.4, -0.2) is 33.9 Å². The van der Waals surface area contributed by atoms with Crippen LogP contribution in [0, 0.1) is 10.1 Å². The minimum absolute atomic E-state index is 0.0371. The molecule has 0 fully saturated rings. The minimum atomic E-state index is -0.507. The van der Waals surface area contributed by atoms with E-state index in [0.717, 1.165) is 11.8 Å². The molecule has 1 heterocycles. The zero-order valence-electron chi connectivity index (χ0n) is 15.2. The molecule has 0 bridgehead atoms. The summed E-state index contributed by atoms with van der Waals surface area (Å²) >= 11 is 1.07. The van der Waals surface area contributed by atoms with Crippen molar-refractivity contribution in [1.29, 1.82) is 0 Å². The number of thioether (sulfide) groups is 1. The number of aromatic nitrogens is 2. The van der Waals surface area contributed by atoms with E-state index >= 15 is 0 Å². The van der Waals surface area contributed by atoms with Gasteiger partial charge in [0.15, 0.2) is 6.61 Å². The van der Waals surface area contributed by atoms with E-state index in [1.807, 2.05) is 0 Å². The van der Waals surface area contributed by atoms with Gasteiger partial charge in [-0.1, -0.05) is 17.8 Å². The number of amides is 1. The van der Waals surface area contributed by atoms with Crippen molar-refractivity contribution in [3.05, 3.63) is 64.5 Å². The van der Waals surface area contributed by atoms with E-state index in [1.54, 1.807) is 31.4 Å². The number of methoxy groups -OCH3 is 1. The van der Waals surface area contributed by atoms with E-state index in [2.05, 4.69) is 15.5 Å². The lowest BCUT2D eigenvalue weighted by Crippen LogP contribution is -2.13. The number of nitrogens with zero attached hydrogens (tertiary/aromatic N) is 3. The van der Waals surface area contributed by atoms with Crippen LogP contribution in [0.25, 0.3) is 0 Å². The fourth-order valence-corrected chi connectivity index (χ4v) is 2.76. The summed E-state index contributed by atoms with van der Waals surface area (Å²) in [5.41, 5.74) is 0.408. The SMILES string of the molecule is COc1cccc(OCc2nnc(SCC(=O)Nc3ccc([N+](=O)[O-])cc3)o2)c1. The van der Waals surface area contributed by atoms with E-state index in [-0.39, 0.29) is 35.1 Å². The third-order valence-electron chi connectivity index (χ3n) is 3.54. The highest BCUT2D eigenvalue weighted by Crippen LogP contribution is 2.21. The van der Waals surface area contributed by atoms with Gasteiger partial charge in [-0.3, -0.25) is 14.9 Å². The van der Waals surface area contributed by atoms with Crippen molar-refractivity contribution in [2.45, 2.75) is 11.8 Å². The largest absolute Gasteiger partial charge is 0.497 e. The second-order valence-electron chi connectivity index (χ2n) is 5.57. The predicted octanol–water partition coefficient (Wildman–Crippen LogP) is 3.30. The number of carbonyl (C=O) groups is 1. The average molecular weight is 416 g/mol. The van der Waals surface area contributed by atoms with Gasteiger partial charge in [0.05, 0.1) is 17.8 Å². The molecule has 1 aromatic heterocycles. The van der Waals surface area contributed by atoms with Crippen molar-refractivity contribution in [2.75, 3.05) is 18.2 Å². The number of non-ortho nitro benzene ring substituents is 1. The van der Waals surface area contributed by atoms with E-state index in [9.17, 15) is 14.9 Å². The summed E-state index contributed by atoms with van der Waals surface area (Å²) in [6.45, 7) is 0.0791. The fourth-order valence-electron chi connectivity index (χ4n) is 2.18. The lowest BCUT2D eigenvalue weighted by molar-refractivity contribution is -0.384. The molecule has 3 rings (SSSR count). The van der Waals surface area contributed by atoms with Crippen LogP contribution in [0.2, 0.25) is 0 Å². The summed E-state index contributed by atoms with van der Waals surface area (Å²) in [6, 6.07) is 12.7. The smallest absolute Gasteiger partial charge is 0.277 e. The van der Waals surface area contributed by atoms with Crippen LogP contribution in [0.3, 0.4) is 0 Å². The quantitative estimate of drug-likeness (QED) is 0.317. The van der Waals surface area contributed by atoms with Crippen molar-refractivity contribution in [2.24, 2.45) is 0 Å². The molecule has 0 saturated carbocycles. The summed E-state index contributed by atoms with van der Waals surface area (Å²) in [4.78, 5) is 22.1. The van der Waals surface area contributed by atoms with Gasteiger partial charge in [0.1, 0.15) is 11.5 Å². The topological polar surface area (TPSA) is 130 Å². The standard InChI is InChI=1S/C18H16N4O6S/c1-26-14-3-2-4-15(9-14)27-10-17-20-21-18(28-17)29-11-16(23)19-12-5-7-13(8-6-12)22(24)25/h2-9H,10-11H2,1H3,(H,19,23). The molecule has 2 aromatic carbocycles. The highest BCUT2D eigenvalue weighted by Gasteiger charge is 2.11. The van der Waals surface area contributed by atoms with Gasteiger partial charge in [-0.05, 0) is 24.3 Å². The number of nitro benzene ring substituents is 1. The summed E-state index contributed by atoms with van der Waals surface area (Å²) < 4.78 is 16.1. The number of anilines is 1. The second-order valence-corrected chi connectivity index (χ2v) is 6.50. The molecule has 1 N–H and O–H groups in total. The van der Waals surface area contributed by atoms with Gasteiger partial charge in [-0.2, -0.15) is 0 Å². The molecule has 0 atom stereocenters. The number of ether oxygens (including phenoxy) is 2. The Morgan fingerprint density at radius 1 is 1.21 bits per heavy atom. The molecule has 1 amide bonds. The van der Waals surface area contributed by atoms with Crippen LogP contribution in [0.4, 0.5) is 11.4 Å². The average Bonchev–Trinajstić information content (AvgIpc) is 3.19. The summed E-state index contributed by atoms with van der Waals surface area (Å²) in [7, 11) is 1.57. The van der Waals surface area contributed by atoms with Crippen LogP contribution in [0.1, 0.15) is 5.89 Å². The van der Waals surface area contributed by atoms with Crippen LogP contribution >= 0.6 is 11.8 Å². The first-order chi connectivity index (χ1) is 14.0. The van der Waals surface area contributed by atoms with Gasteiger partial charge >= 0.3 is 0 Å². The van der Waals surface area contributed by atoms with Crippen molar-refractivity contribution < 1.29 is 23.6 Å². The van der Waals surface area contributed by atoms with E-state index < -0.39 is 4.92 Å². The van der Waals surface area contributed by atoms with Crippen LogP contribution in [0.15, 0.2) is 58.2 Å². The van der Waals surface area contributed by atoms with Crippen LogP contribution in [0.5, 0.6) is 11.5 Å². The predicted molar refractivity (Wildman–Crippen MR) is 104 cm³/mol. The second kappa shape index (κ2) is 9.55. The Labute approximate surface area is 169 Å². The molecule has 150 valence electrons. The Bertz CT molecular complexity index is 992. The molecule has 0 aliphatic heterocycles. The number of benzene rings is 2. The maximum absolute atomic E-state index is 12.0. The van der Waals surface area contributed by atoms with Crippen LogP contribution in [-0.2, 0) is 11.4 Å². The first-order valence-corrected chi connectivity index (χ1v) is 9.28. The molecule has 11 heteroatoms. The van der Waals surface area contributed by atoms with E-state index in [4.69, 9.17) is 13.9 Å². The van der Waals surface area contributed by atoms with Crippen molar-refractivity contribution in [3.8, 4) is 11.5 Å². The van der Waals surface area contributed by atoms with Gasteiger partial charge in [0.2, 0.25) is 5.91 Å². The molecule has 0 saturated heterocycles. The Morgan fingerprint density at radius 3 is 2.69 bits per heavy atom. The number of hydrogen-bond donors (Lipinski definition) is 1. The van der Waals surface area contributed by atoms with Gasteiger partial charge in [0, 0.05) is 23.9 Å². The first kappa shape index (κ1) is 20.1. The van der Waals surface area contributed by atoms with Gasteiger partial charge in [0.25, 0.3) is 16.8 Å². The molecule has 0 aliphatic carbocycles.